The predicted octanol–water partition coefficient (Wildman–Crippen LogP) is 7.56. The summed E-state index contributed by atoms with van der Waals surface area (Å²) in [6.07, 6.45) is 4.68. The number of amides is 1. The number of rotatable bonds is 3. The maximum Gasteiger partial charge on any atom is 0.410 e. The van der Waals surface area contributed by atoms with E-state index in [4.69, 9.17) is 27.9 Å². The Labute approximate surface area is 203 Å². The van der Waals surface area contributed by atoms with Gasteiger partial charge >= 0.3 is 6.09 Å². The van der Waals surface area contributed by atoms with Crippen molar-refractivity contribution >= 4 is 34.9 Å². The number of nitrogens with zero attached hydrogens (tertiary/aromatic N) is 1. The molecule has 2 unspecified atom stereocenters. The zero-order valence-electron chi connectivity index (χ0n) is 18.0. The van der Waals surface area contributed by atoms with E-state index in [0.29, 0.717) is 16.7 Å². The summed E-state index contributed by atoms with van der Waals surface area (Å²) >= 11 is 12.4. The van der Waals surface area contributed by atoms with Crippen LogP contribution in [-0.4, -0.2) is 29.7 Å². The van der Waals surface area contributed by atoms with Crippen LogP contribution >= 0.6 is 23.2 Å². The molecule has 0 aromatic heterocycles. The molecule has 6 rings (SSSR count). The van der Waals surface area contributed by atoms with Crippen LogP contribution < -0.4 is 0 Å². The molecule has 1 fully saturated rings. The first-order valence-corrected chi connectivity index (χ1v) is 12.1. The molecule has 2 bridgehead atoms. The maximum atomic E-state index is 13.2. The lowest BCUT2D eigenvalue weighted by Gasteiger charge is -2.33. The number of fused-ring (bicyclic) bond motifs is 5. The Morgan fingerprint density at radius 3 is 2.18 bits per heavy atom. The van der Waals surface area contributed by atoms with E-state index in [2.05, 4.69) is 54.6 Å². The van der Waals surface area contributed by atoms with Gasteiger partial charge in [-0.05, 0) is 70.9 Å². The van der Waals surface area contributed by atoms with E-state index < -0.39 is 0 Å². The maximum absolute atomic E-state index is 13.2. The van der Waals surface area contributed by atoms with Crippen molar-refractivity contribution in [3.63, 3.8) is 0 Å². The van der Waals surface area contributed by atoms with Crippen LogP contribution in [-0.2, 0) is 4.74 Å². The number of carbonyl (C=O) groups is 1. The second kappa shape index (κ2) is 8.23. The Morgan fingerprint density at radius 1 is 0.909 bits per heavy atom. The van der Waals surface area contributed by atoms with Gasteiger partial charge in [-0.1, -0.05) is 77.8 Å². The summed E-state index contributed by atoms with van der Waals surface area (Å²) in [5, 5.41) is 1.26. The predicted molar refractivity (Wildman–Crippen MR) is 133 cm³/mol. The highest BCUT2D eigenvalue weighted by Gasteiger charge is 2.41. The highest BCUT2D eigenvalue weighted by Crippen LogP contribution is 2.45. The molecule has 33 heavy (non-hydrogen) atoms. The van der Waals surface area contributed by atoms with Crippen molar-refractivity contribution < 1.29 is 9.53 Å². The van der Waals surface area contributed by atoms with Crippen LogP contribution in [0.15, 0.2) is 72.8 Å². The van der Waals surface area contributed by atoms with Gasteiger partial charge in [0, 0.05) is 22.0 Å². The number of benzene rings is 3. The van der Waals surface area contributed by atoms with E-state index in [9.17, 15) is 4.79 Å². The quantitative estimate of drug-likeness (QED) is 0.390. The van der Waals surface area contributed by atoms with Gasteiger partial charge < -0.3 is 4.74 Å². The third-order valence-corrected chi connectivity index (χ3v) is 7.61. The van der Waals surface area contributed by atoms with Crippen molar-refractivity contribution in [2.75, 3.05) is 6.61 Å². The fourth-order valence-corrected chi connectivity index (χ4v) is 6.26. The highest BCUT2D eigenvalue weighted by atomic mass is 35.5. The van der Waals surface area contributed by atoms with Crippen molar-refractivity contribution in [1.82, 2.24) is 4.90 Å². The van der Waals surface area contributed by atoms with E-state index in [0.717, 1.165) is 24.8 Å². The molecular formula is C28H23Cl2NO2. The summed E-state index contributed by atoms with van der Waals surface area (Å²) in [6, 6.07) is 22.6. The topological polar surface area (TPSA) is 29.5 Å². The van der Waals surface area contributed by atoms with Crippen molar-refractivity contribution in [3.05, 3.63) is 99.5 Å². The molecule has 0 radical (unpaired) electrons. The van der Waals surface area contributed by atoms with E-state index in [1.54, 1.807) is 6.07 Å². The molecular weight excluding hydrogens is 453 g/mol. The molecule has 1 amide bonds. The van der Waals surface area contributed by atoms with Gasteiger partial charge in [-0.25, -0.2) is 4.79 Å². The molecule has 3 nitrogen and oxygen atoms in total. The van der Waals surface area contributed by atoms with Crippen LogP contribution in [0, 0.1) is 0 Å². The molecule has 0 saturated carbocycles. The normalized spacial score (nSPS) is 20.9. The van der Waals surface area contributed by atoms with Crippen LogP contribution in [0.3, 0.4) is 0 Å². The molecule has 3 aromatic rings. The summed E-state index contributed by atoms with van der Waals surface area (Å²) in [6.45, 7) is 0.350. The summed E-state index contributed by atoms with van der Waals surface area (Å²) in [4.78, 5) is 15.2. The molecule has 166 valence electrons. The summed E-state index contributed by atoms with van der Waals surface area (Å²) < 4.78 is 5.95. The number of carbonyl (C=O) groups excluding carboxylic acids is 1. The van der Waals surface area contributed by atoms with Gasteiger partial charge in [0.2, 0.25) is 0 Å². The number of halogens is 2. The van der Waals surface area contributed by atoms with Gasteiger partial charge in [0.25, 0.3) is 0 Å². The Kier molecular flexibility index (Phi) is 5.20. The van der Waals surface area contributed by atoms with Crippen molar-refractivity contribution in [2.24, 2.45) is 0 Å². The van der Waals surface area contributed by atoms with Gasteiger partial charge in [-0.3, -0.25) is 4.90 Å². The molecule has 3 aliphatic rings. The first-order chi connectivity index (χ1) is 16.1. The van der Waals surface area contributed by atoms with E-state index in [-0.39, 0.29) is 24.1 Å². The van der Waals surface area contributed by atoms with Gasteiger partial charge in [0.15, 0.2) is 0 Å². The molecule has 2 heterocycles. The largest absolute Gasteiger partial charge is 0.448 e. The van der Waals surface area contributed by atoms with Crippen LogP contribution in [0.25, 0.3) is 16.7 Å². The van der Waals surface area contributed by atoms with Gasteiger partial charge in [-0.2, -0.15) is 0 Å². The third-order valence-electron chi connectivity index (χ3n) is 7.18. The lowest BCUT2D eigenvalue weighted by atomic mass is 9.95. The second-order valence-corrected chi connectivity index (χ2v) is 9.94. The minimum atomic E-state index is -0.219. The van der Waals surface area contributed by atoms with E-state index in [1.165, 1.54) is 27.8 Å². The average Bonchev–Trinajstić information content (AvgIpc) is 3.27. The number of hydrogen-bond acceptors (Lipinski definition) is 2. The minimum Gasteiger partial charge on any atom is -0.448 e. The van der Waals surface area contributed by atoms with E-state index in [1.807, 2.05) is 17.0 Å². The Hall–Kier alpha value is -2.75. The molecule has 3 aromatic carbocycles. The van der Waals surface area contributed by atoms with Crippen LogP contribution in [0.1, 0.15) is 41.9 Å². The summed E-state index contributed by atoms with van der Waals surface area (Å²) in [5.41, 5.74) is 7.17. The molecule has 2 aliphatic heterocycles. The monoisotopic (exact) mass is 475 g/mol. The average molecular weight is 476 g/mol. The molecule has 5 heteroatoms. The third kappa shape index (κ3) is 3.64. The van der Waals surface area contributed by atoms with Crippen molar-refractivity contribution in [3.8, 4) is 11.1 Å². The first-order valence-electron chi connectivity index (χ1n) is 11.4. The zero-order valence-corrected chi connectivity index (χ0v) is 19.5. The van der Waals surface area contributed by atoms with Gasteiger partial charge in [-0.15, -0.1) is 0 Å². The molecule has 0 N–H and O–H groups in total. The first kappa shape index (κ1) is 20.8. The second-order valence-electron chi connectivity index (χ2n) is 9.06. The smallest absolute Gasteiger partial charge is 0.410 e. The molecule has 2 atom stereocenters. The Bertz CT molecular complexity index is 1220. The van der Waals surface area contributed by atoms with Crippen LogP contribution in [0.5, 0.6) is 0 Å². The number of hydrogen-bond donors (Lipinski definition) is 0. The Balaban J connectivity index is 1.21. The van der Waals surface area contributed by atoms with Gasteiger partial charge in [0.05, 0.1) is 6.04 Å². The summed E-state index contributed by atoms with van der Waals surface area (Å²) in [7, 11) is 0. The molecule has 0 spiro atoms. The molecule has 1 aliphatic carbocycles. The SMILES string of the molecule is O=C(OCC1c2ccccc2-c2ccccc21)N1C2C=C(c3cc(Cl)cc(Cl)c3)CC1CC2. The fraction of sp³-hybridized carbons (Fsp3) is 0.250. The van der Waals surface area contributed by atoms with Crippen LogP contribution in [0.4, 0.5) is 4.79 Å². The molecule has 1 saturated heterocycles. The zero-order chi connectivity index (χ0) is 22.5. The van der Waals surface area contributed by atoms with Gasteiger partial charge in [0.1, 0.15) is 6.61 Å². The van der Waals surface area contributed by atoms with Crippen molar-refractivity contribution in [1.29, 1.82) is 0 Å². The van der Waals surface area contributed by atoms with Crippen molar-refractivity contribution in [2.45, 2.75) is 37.3 Å². The standard InChI is InChI=1S/C28H23Cl2NO2/c29-19-11-17(12-20(30)15-19)18-13-21-9-10-22(14-18)31(21)28(32)33-16-27-25-7-3-1-5-23(25)24-6-2-4-8-26(24)27/h1-8,11-13,15,21-22,27H,9-10,14,16H2. The fourth-order valence-electron chi connectivity index (χ4n) is 5.74. The lowest BCUT2D eigenvalue weighted by molar-refractivity contribution is 0.0866. The minimum absolute atomic E-state index is 0.0483. The summed E-state index contributed by atoms with van der Waals surface area (Å²) in [5.74, 6) is 0.0727. The van der Waals surface area contributed by atoms with E-state index >= 15 is 0 Å². The van der Waals surface area contributed by atoms with Crippen LogP contribution in [0.2, 0.25) is 10.0 Å². The Morgan fingerprint density at radius 2 is 1.55 bits per heavy atom. The lowest BCUT2D eigenvalue weighted by Crippen LogP contribution is -2.43. The highest BCUT2D eigenvalue weighted by molar-refractivity contribution is 6.34. The number of ether oxygens (including phenoxy) is 1.